The topological polar surface area (TPSA) is 53.7 Å². The minimum atomic E-state index is 0.0626. The van der Waals surface area contributed by atoms with Gasteiger partial charge in [-0.15, -0.1) is 10.2 Å². The molecule has 0 N–H and O–H groups in total. The van der Waals surface area contributed by atoms with E-state index in [1.807, 2.05) is 48.4 Å². The number of nitrogens with zero attached hydrogens (tertiary/aromatic N) is 5. The average molecular weight is 315 g/mol. The number of amides is 1. The minimum absolute atomic E-state index is 0.0626. The van der Waals surface area contributed by atoms with Crippen molar-refractivity contribution in [1.29, 1.82) is 0 Å². The molecule has 2 aromatic rings. The van der Waals surface area contributed by atoms with Crippen LogP contribution in [0.25, 0.3) is 5.65 Å². The Morgan fingerprint density at radius 3 is 2.78 bits per heavy atom. The lowest BCUT2D eigenvalue weighted by atomic mass is 10.1. The molecule has 2 aromatic heterocycles. The number of pyridine rings is 1. The van der Waals surface area contributed by atoms with Crippen LogP contribution < -0.4 is 0 Å². The normalized spacial score (nSPS) is 18.9. The molecular weight excluding hydrogens is 290 g/mol. The molecule has 1 amide bonds. The zero-order valence-corrected chi connectivity index (χ0v) is 14.4. The first-order valence-corrected chi connectivity index (χ1v) is 8.35. The number of aromatic nitrogens is 3. The predicted molar refractivity (Wildman–Crippen MR) is 89.7 cm³/mol. The Kier molecular flexibility index (Phi) is 4.35. The third kappa shape index (κ3) is 2.95. The number of hydrogen-bond donors (Lipinski definition) is 0. The highest BCUT2D eigenvalue weighted by atomic mass is 16.2. The van der Waals surface area contributed by atoms with E-state index in [1.165, 1.54) is 0 Å². The van der Waals surface area contributed by atoms with Gasteiger partial charge >= 0.3 is 0 Å². The van der Waals surface area contributed by atoms with Crippen LogP contribution in [0.3, 0.4) is 0 Å². The second-order valence-corrected chi connectivity index (χ2v) is 6.64. The molecule has 0 aliphatic carbocycles. The quantitative estimate of drug-likeness (QED) is 0.866. The summed E-state index contributed by atoms with van der Waals surface area (Å²) in [5, 5.41) is 8.63. The van der Waals surface area contributed by atoms with E-state index in [-0.39, 0.29) is 11.9 Å². The number of fused-ring (bicyclic) bond motifs is 1. The van der Waals surface area contributed by atoms with Crippen molar-refractivity contribution in [3.8, 4) is 0 Å². The fourth-order valence-electron chi connectivity index (χ4n) is 3.37. The molecule has 3 heterocycles. The number of rotatable bonds is 4. The Morgan fingerprint density at radius 1 is 1.39 bits per heavy atom. The van der Waals surface area contributed by atoms with Gasteiger partial charge in [0.1, 0.15) is 5.82 Å². The first kappa shape index (κ1) is 15.9. The number of carbonyl (C=O) groups excluding carboxylic acids is 1. The SMILES string of the molecule is CCN(C(=O)c1ccc2nnc(C3CCN(C)C3)n2c1)C(C)C. The Hall–Kier alpha value is -1.95. The standard InChI is InChI=1S/C17H25N5O/c1-5-21(12(2)3)17(23)14-6-7-15-18-19-16(22(15)11-14)13-8-9-20(4)10-13/h6-7,11-13H,5,8-10H2,1-4H3. The molecule has 1 aliphatic heterocycles. The first-order chi connectivity index (χ1) is 11.0. The van der Waals surface area contributed by atoms with Crippen LogP contribution in [0.1, 0.15) is 49.3 Å². The van der Waals surface area contributed by atoms with Crippen molar-refractivity contribution >= 4 is 11.6 Å². The summed E-state index contributed by atoms with van der Waals surface area (Å²) in [6.45, 7) is 8.87. The first-order valence-electron chi connectivity index (χ1n) is 8.35. The van der Waals surface area contributed by atoms with E-state index < -0.39 is 0 Å². The highest BCUT2D eigenvalue weighted by molar-refractivity contribution is 5.94. The van der Waals surface area contributed by atoms with Gasteiger partial charge in [-0.1, -0.05) is 0 Å². The van der Waals surface area contributed by atoms with Crippen LogP contribution in [-0.4, -0.2) is 63.0 Å². The van der Waals surface area contributed by atoms with Gasteiger partial charge in [0.15, 0.2) is 5.65 Å². The van der Waals surface area contributed by atoms with Crippen molar-refractivity contribution in [3.05, 3.63) is 29.7 Å². The van der Waals surface area contributed by atoms with Crippen molar-refractivity contribution < 1.29 is 4.79 Å². The van der Waals surface area contributed by atoms with E-state index in [0.717, 1.165) is 31.0 Å². The summed E-state index contributed by atoms with van der Waals surface area (Å²) in [6, 6.07) is 3.92. The molecule has 124 valence electrons. The molecule has 0 aromatic carbocycles. The second kappa shape index (κ2) is 6.28. The van der Waals surface area contributed by atoms with E-state index in [2.05, 4.69) is 22.1 Å². The van der Waals surface area contributed by atoms with E-state index >= 15 is 0 Å². The Balaban J connectivity index is 1.96. The summed E-state index contributed by atoms with van der Waals surface area (Å²) in [5.41, 5.74) is 1.50. The summed E-state index contributed by atoms with van der Waals surface area (Å²) in [4.78, 5) is 16.9. The molecule has 0 spiro atoms. The fourth-order valence-corrected chi connectivity index (χ4v) is 3.37. The summed E-state index contributed by atoms with van der Waals surface area (Å²) in [6.07, 6.45) is 2.99. The third-order valence-corrected chi connectivity index (χ3v) is 4.66. The van der Waals surface area contributed by atoms with Crippen molar-refractivity contribution in [2.24, 2.45) is 0 Å². The molecule has 1 unspecified atom stereocenters. The van der Waals surface area contributed by atoms with Crippen molar-refractivity contribution in [2.75, 3.05) is 26.7 Å². The largest absolute Gasteiger partial charge is 0.336 e. The van der Waals surface area contributed by atoms with E-state index in [0.29, 0.717) is 18.0 Å². The lowest BCUT2D eigenvalue weighted by molar-refractivity contribution is 0.0716. The molecule has 6 nitrogen and oxygen atoms in total. The summed E-state index contributed by atoms with van der Waals surface area (Å²) in [7, 11) is 2.12. The number of carbonyl (C=O) groups is 1. The Bertz CT molecular complexity index is 708. The van der Waals surface area contributed by atoms with Crippen molar-refractivity contribution in [1.82, 2.24) is 24.4 Å². The minimum Gasteiger partial charge on any atom is -0.336 e. The highest BCUT2D eigenvalue weighted by Gasteiger charge is 2.26. The maximum Gasteiger partial charge on any atom is 0.255 e. The molecule has 6 heteroatoms. The molecular formula is C17H25N5O. The lowest BCUT2D eigenvalue weighted by Crippen LogP contribution is -2.36. The molecule has 1 saturated heterocycles. The van der Waals surface area contributed by atoms with Crippen molar-refractivity contribution in [2.45, 2.75) is 39.2 Å². The summed E-state index contributed by atoms with van der Waals surface area (Å²) in [5.74, 6) is 1.41. The molecule has 1 fully saturated rings. The van der Waals surface area contributed by atoms with E-state index in [1.54, 1.807) is 0 Å². The molecule has 0 radical (unpaired) electrons. The molecule has 1 aliphatic rings. The molecule has 3 rings (SSSR count). The van der Waals surface area contributed by atoms with Crippen LogP contribution in [0.15, 0.2) is 18.3 Å². The van der Waals surface area contributed by atoms with Gasteiger partial charge in [-0.05, 0) is 52.9 Å². The van der Waals surface area contributed by atoms with Gasteiger partial charge in [-0.3, -0.25) is 9.20 Å². The maximum atomic E-state index is 12.7. The zero-order chi connectivity index (χ0) is 16.6. The van der Waals surface area contributed by atoms with E-state index in [9.17, 15) is 4.79 Å². The number of likely N-dealkylation sites (tertiary alicyclic amines) is 1. The third-order valence-electron chi connectivity index (χ3n) is 4.66. The van der Waals surface area contributed by atoms with Gasteiger partial charge < -0.3 is 9.80 Å². The average Bonchev–Trinajstić information content (AvgIpc) is 3.12. The van der Waals surface area contributed by atoms with Crippen LogP contribution >= 0.6 is 0 Å². The van der Waals surface area contributed by atoms with Gasteiger partial charge in [0, 0.05) is 31.2 Å². The zero-order valence-electron chi connectivity index (χ0n) is 14.4. The summed E-state index contributed by atoms with van der Waals surface area (Å²) >= 11 is 0. The van der Waals surface area contributed by atoms with Crippen molar-refractivity contribution in [3.63, 3.8) is 0 Å². The molecule has 0 bridgehead atoms. The Labute approximate surface area is 137 Å². The van der Waals surface area contributed by atoms with Crippen LogP contribution in [0, 0.1) is 0 Å². The molecule has 1 atom stereocenters. The molecule has 23 heavy (non-hydrogen) atoms. The fraction of sp³-hybridized carbons (Fsp3) is 0.588. The van der Waals surface area contributed by atoms with E-state index in [4.69, 9.17) is 0 Å². The molecule has 0 saturated carbocycles. The maximum absolute atomic E-state index is 12.7. The van der Waals surface area contributed by atoms with Gasteiger partial charge in [0.25, 0.3) is 5.91 Å². The number of hydrogen-bond acceptors (Lipinski definition) is 4. The van der Waals surface area contributed by atoms with Gasteiger partial charge in [0.2, 0.25) is 0 Å². The predicted octanol–water partition coefficient (Wildman–Crippen LogP) is 2.02. The monoisotopic (exact) mass is 315 g/mol. The van der Waals surface area contributed by atoms with Crippen LogP contribution in [0.4, 0.5) is 0 Å². The van der Waals surface area contributed by atoms with Gasteiger partial charge in [-0.25, -0.2) is 0 Å². The smallest absolute Gasteiger partial charge is 0.255 e. The number of likely N-dealkylation sites (N-methyl/N-ethyl adjacent to an activating group) is 1. The van der Waals surface area contributed by atoms with Crippen LogP contribution in [0.5, 0.6) is 0 Å². The highest BCUT2D eigenvalue weighted by Crippen LogP contribution is 2.25. The van der Waals surface area contributed by atoms with Crippen LogP contribution in [-0.2, 0) is 0 Å². The Morgan fingerprint density at radius 2 is 2.17 bits per heavy atom. The second-order valence-electron chi connectivity index (χ2n) is 6.64. The van der Waals surface area contributed by atoms with Gasteiger partial charge in [0.05, 0.1) is 5.56 Å². The van der Waals surface area contributed by atoms with Crippen LogP contribution in [0.2, 0.25) is 0 Å². The summed E-state index contributed by atoms with van der Waals surface area (Å²) < 4.78 is 1.99. The lowest BCUT2D eigenvalue weighted by Gasteiger charge is -2.25. The van der Waals surface area contributed by atoms with Gasteiger partial charge in [-0.2, -0.15) is 0 Å².